The number of ketones is 2. The quantitative estimate of drug-likeness (QED) is 0.536. The molecule has 0 N–H and O–H groups in total. The molecular weight excluding hydrogens is 152 g/mol. The number of carbonyl (C=O) groups excluding carboxylic acids is 2. The van der Waals surface area contributed by atoms with Gasteiger partial charge in [-0.05, 0) is 24.3 Å². The number of allylic oxidation sites excluding steroid dienone is 8. The fourth-order valence-corrected chi connectivity index (χ4v) is 0.713. The van der Waals surface area contributed by atoms with Gasteiger partial charge in [0, 0.05) is 0 Å². The molecule has 0 saturated carbocycles. The maximum atomic E-state index is 10.1. The van der Waals surface area contributed by atoms with E-state index in [-0.39, 0.29) is 11.6 Å². The van der Waals surface area contributed by atoms with Gasteiger partial charge in [-0.2, -0.15) is 0 Å². The summed E-state index contributed by atoms with van der Waals surface area (Å²) in [5.41, 5.74) is 0. The van der Waals surface area contributed by atoms with Gasteiger partial charge in [-0.25, -0.2) is 0 Å². The van der Waals surface area contributed by atoms with Crippen LogP contribution < -0.4 is 0 Å². The molecule has 0 saturated heterocycles. The van der Waals surface area contributed by atoms with Crippen molar-refractivity contribution in [3.63, 3.8) is 0 Å². The lowest BCUT2D eigenvalue weighted by Crippen LogP contribution is -1.75. The Morgan fingerprint density at radius 3 is 0.917 bits per heavy atom. The van der Waals surface area contributed by atoms with Gasteiger partial charge in [-0.3, -0.25) is 9.59 Å². The van der Waals surface area contributed by atoms with E-state index < -0.39 is 0 Å². The number of hydrogen-bond donors (Lipinski definition) is 0. The van der Waals surface area contributed by atoms with Crippen molar-refractivity contribution in [1.29, 1.82) is 0 Å². The molecule has 0 amide bonds. The lowest BCUT2D eigenvalue weighted by Gasteiger charge is -1.62. The SMILES string of the molecule is O=C1C=CC=C1.O=C1C=CC=C1. The highest BCUT2D eigenvalue weighted by Gasteiger charge is 1.89. The van der Waals surface area contributed by atoms with Gasteiger partial charge >= 0.3 is 0 Å². The third-order valence-electron chi connectivity index (χ3n) is 1.26. The summed E-state index contributed by atoms with van der Waals surface area (Å²) >= 11 is 0. The van der Waals surface area contributed by atoms with Gasteiger partial charge < -0.3 is 0 Å². The van der Waals surface area contributed by atoms with Crippen molar-refractivity contribution in [3.8, 4) is 0 Å². The molecule has 12 heavy (non-hydrogen) atoms. The molecule has 2 rings (SSSR count). The molecule has 0 aliphatic heterocycles. The summed E-state index contributed by atoms with van der Waals surface area (Å²) in [5.74, 6) is 0.185. The van der Waals surface area contributed by atoms with Crippen molar-refractivity contribution < 1.29 is 9.59 Å². The van der Waals surface area contributed by atoms with E-state index in [2.05, 4.69) is 0 Å². The average molecular weight is 160 g/mol. The number of rotatable bonds is 0. The molecule has 0 spiro atoms. The summed E-state index contributed by atoms with van der Waals surface area (Å²) in [6.07, 6.45) is 13.0. The van der Waals surface area contributed by atoms with E-state index in [1.165, 1.54) is 24.3 Å². The van der Waals surface area contributed by atoms with Gasteiger partial charge in [0.2, 0.25) is 0 Å². The van der Waals surface area contributed by atoms with Gasteiger partial charge in [0.25, 0.3) is 0 Å². The molecular formula is C10H8O2. The monoisotopic (exact) mass is 160 g/mol. The molecule has 60 valence electrons. The zero-order chi connectivity index (χ0) is 8.81. The van der Waals surface area contributed by atoms with Crippen molar-refractivity contribution in [1.82, 2.24) is 0 Å². The Bertz CT molecular complexity index is 244. The van der Waals surface area contributed by atoms with Gasteiger partial charge in [0.15, 0.2) is 11.6 Å². The van der Waals surface area contributed by atoms with Gasteiger partial charge in [0.05, 0.1) is 0 Å². The molecule has 2 nitrogen and oxygen atoms in total. The maximum absolute atomic E-state index is 10.1. The first-order valence-electron chi connectivity index (χ1n) is 3.56. The molecule has 0 aromatic heterocycles. The van der Waals surface area contributed by atoms with Crippen LogP contribution in [-0.2, 0) is 9.59 Å². The highest BCUT2D eigenvalue weighted by atomic mass is 16.1. The first-order valence-corrected chi connectivity index (χ1v) is 3.56. The van der Waals surface area contributed by atoms with E-state index in [1.807, 2.05) is 0 Å². The van der Waals surface area contributed by atoms with E-state index in [1.54, 1.807) is 24.3 Å². The summed E-state index contributed by atoms with van der Waals surface area (Å²) in [6.45, 7) is 0. The van der Waals surface area contributed by atoms with Gasteiger partial charge in [-0.1, -0.05) is 24.3 Å². The molecule has 0 heterocycles. The van der Waals surface area contributed by atoms with Crippen LogP contribution in [0.5, 0.6) is 0 Å². The molecule has 2 heteroatoms. The second kappa shape index (κ2) is 4.23. The molecule has 0 aromatic carbocycles. The molecule has 2 aliphatic rings. The van der Waals surface area contributed by atoms with Crippen molar-refractivity contribution in [3.05, 3.63) is 48.6 Å². The van der Waals surface area contributed by atoms with Crippen LogP contribution in [0.4, 0.5) is 0 Å². The van der Waals surface area contributed by atoms with Crippen molar-refractivity contribution in [2.45, 2.75) is 0 Å². The summed E-state index contributed by atoms with van der Waals surface area (Å²) in [4.78, 5) is 20.1. The highest BCUT2D eigenvalue weighted by Crippen LogP contribution is 1.89. The number of carbonyl (C=O) groups is 2. The summed E-state index contributed by atoms with van der Waals surface area (Å²) < 4.78 is 0. The Kier molecular flexibility index (Phi) is 2.96. The van der Waals surface area contributed by atoms with Crippen LogP contribution in [0.1, 0.15) is 0 Å². The smallest absolute Gasteiger partial charge is 0.178 e. The maximum Gasteiger partial charge on any atom is 0.178 e. The molecule has 0 atom stereocenters. The average Bonchev–Trinajstić information content (AvgIpc) is 2.63. The molecule has 0 unspecified atom stereocenters. The van der Waals surface area contributed by atoms with Crippen LogP contribution in [0.15, 0.2) is 48.6 Å². The van der Waals surface area contributed by atoms with Gasteiger partial charge in [-0.15, -0.1) is 0 Å². The third kappa shape index (κ3) is 2.92. The molecule has 0 radical (unpaired) electrons. The second-order valence-corrected chi connectivity index (χ2v) is 2.24. The Morgan fingerprint density at radius 1 is 0.583 bits per heavy atom. The molecule has 0 bridgehead atoms. The second-order valence-electron chi connectivity index (χ2n) is 2.24. The summed E-state index contributed by atoms with van der Waals surface area (Å²) in [7, 11) is 0. The topological polar surface area (TPSA) is 34.1 Å². The van der Waals surface area contributed by atoms with Crippen LogP contribution in [0.25, 0.3) is 0 Å². The number of hydrogen-bond acceptors (Lipinski definition) is 2. The van der Waals surface area contributed by atoms with E-state index in [9.17, 15) is 9.59 Å². The fraction of sp³-hybridized carbons (Fsp3) is 0. The van der Waals surface area contributed by atoms with Crippen LogP contribution in [-0.4, -0.2) is 11.6 Å². The standard InChI is InChI=1S/2C5H4O/c2*6-5-3-1-2-4-5/h2*1-4H. The van der Waals surface area contributed by atoms with Crippen molar-refractivity contribution >= 4 is 11.6 Å². The fourth-order valence-electron chi connectivity index (χ4n) is 0.713. The van der Waals surface area contributed by atoms with Crippen LogP contribution in [0.3, 0.4) is 0 Å². The van der Waals surface area contributed by atoms with E-state index in [0.717, 1.165) is 0 Å². The van der Waals surface area contributed by atoms with E-state index >= 15 is 0 Å². The Balaban J connectivity index is 0.000000120. The van der Waals surface area contributed by atoms with Crippen LogP contribution in [0.2, 0.25) is 0 Å². The van der Waals surface area contributed by atoms with E-state index in [0.29, 0.717) is 0 Å². The first kappa shape index (κ1) is 8.40. The Morgan fingerprint density at radius 2 is 0.833 bits per heavy atom. The minimum Gasteiger partial charge on any atom is -0.290 e. The summed E-state index contributed by atoms with van der Waals surface area (Å²) in [5, 5.41) is 0. The van der Waals surface area contributed by atoms with Crippen molar-refractivity contribution in [2.75, 3.05) is 0 Å². The predicted octanol–water partition coefficient (Wildman–Crippen LogP) is 1.36. The van der Waals surface area contributed by atoms with Crippen LogP contribution >= 0.6 is 0 Å². The normalized spacial score (nSPS) is 17.0. The first-order chi connectivity index (χ1) is 5.79. The van der Waals surface area contributed by atoms with Crippen molar-refractivity contribution in [2.24, 2.45) is 0 Å². The largest absolute Gasteiger partial charge is 0.290 e. The zero-order valence-electron chi connectivity index (χ0n) is 6.44. The predicted molar refractivity (Wildman–Crippen MR) is 46.6 cm³/mol. The van der Waals surface area contributed by atoms with Gasteiger partial charge in [0.1, 0.15) is 0 Å². The molecule has 0 fully saturated rings. The zero-order valence-corrected chi connectivity index (χ0v) is 6.44. The minimum atomic E-state index is 0.0926. The minimum absolute atomic E-state index is 0.0926. The lowest BCUT2D eigenvalue weighted by atomic mass is 10.5. The van der Waals surface area contributed by atoms with Crippen LogP contribution in [0, 0.1) is 0 Å². The highest BCUT2D eigenvalue weighted by molar-refractivity contribution is 6.02. The lowest BCUT2D eigenvalue weighted by molar-refractivity contribution is -0.111. The molecule has 0 aromatic rings. The third-order valence-corrected chi connectivity index (χ3v) is 1.26. The Hall–Kier alpha value is -1.70. The molecule has 2 aliphatic carbocycles. The summed E-state index contributed by atoms with van der Waals surface area (Å²) in [6, 6.07) is 0. The van der Waals surface area contributed by atoms with E-state index in [4.69, 9.17) is 0 Å². The Labute approximate surface area is 70.6 Å².